The van der Waals surface area contributed by atoms with Gasteiger partial charge in [0.25, 0.3) is 0 Å². The minimum Gasteiger partial charge on any atom is -0.298 e. The van der Waals surface area contributed by atoms with Gasteiger partial charge in [0.15, 0.2) is 0 Å². The fourth-order valence-electron chi connectivity index (χ4n) is 3.83. The smallest absolute Gasteiger partial charge is 0.0705 e. The quantitative estimate of drug-likeness (QED) is 0.679. The van der Waals surface area contributed by atoms with E-state index in [1.807, 2.05) is 12.4 Å². The van der Waals surface area contributed by atoms with Crippen molar-refractivity contribution in [2.45, 2.75) is 32.2 Å². The van der Waals surface area contributed by atoms with Gasteiger partial charge in [0.2, 0.25) is 0 Å². The zero-order valence-corrected chi connectivity index (χ0v) is 15.3. The normalized spacial score (nSPS) is 18.0. The van der Waals surface area contributed by atoms with E-state index in [4.69, 9.17) is 4.98 Å². The SMILES string of the molecule is Cc1cccc(-c2cccc(C3CCCN(Cc4ccncc4)C3)n2)c1. The van der Waals surface area contributed by atoms with Gasteiger partial charge >= 0.3 is 0 Å². The summed E-state index contributed by atoms with van der Waals surface area (Å²) in [7, 11) is 0. The van der Waals surface area contributed by atoms with Crippen molar-refractivity contribution < 1.29 is 0 Å². The van der Waals surface area contributed by atoms with Gasteiger partial charge in [0.1, 0.15) is 0 Å². The molecule has 0 bridgehead atoms. The number of piperidine rings is 1. The molecule has 0 aliphatic carbocycles. The van der Waals surface area contributed by atoms with Crippen LogP contribution in [0.2, 0.25) is 0 Å². The predicted octanol–water partition coefficient (Wildman–Crippen LogP) is 4.83. The average Bonchev–Trinajstić information content (AvgIpc) is 2.69. The molecule has 1 aliphatic rings. The molecule has 0 amide bonds. The van der Waals surface area contributed by atoms with Gasteiger partial charge in [-0.15, -0.1) is 0 Å². The molecule has 3 heterocycles. The van der Waals surface area contributed by atoms with Crippen molar-refractivity contribution in [3.63, 3.8) is 0 Å². The van der Waals surface area contributed by atoms with E-state index in [1.165, 1.54) is 35.2 Å². The maximum atomic E-state index is 5.01. The van der Waals surface area contributed by atoms with Crippen molar-refractivity contribution in [2.24, 2.45) is 0 Å². The first-order chi connectivity index (χ1) is 12.8. The monoisotopic (exact) mass is 343 g/mol. The fraction of sp³-hybridized carbons (Fsp3) is 0.304. The molecule has 1 fully saturated rings. The summed E-state index contributed by atoms with van der Waals surface area (Å²) in [5.41, 5.74) is 6.12. The summed E-state index contributed by atoms with van der Waals surface area (Å²) >= 11 is 0. The van der Waals surface area contributed by atoms with Crippen molar-refractivity contribution >= 4 is 0 Å². The first-order valence-corrected chi connectivity index (χ1v) is 9.43. The Hall–Kier alpha value is -2.52. The molecule has 3 heteroatoms. The fourth-order valence-corrected chi connectivity index (χ4v) is 3.83. The molecule has 1 aromatic carbocycles. The lowest BCUT2D eigenvalue weighted by Crippen LogP contribution is -2.34. The van der Waals surface area contributed by atoms with Crippen LogP contribution in [0.5, 0.6) is 0 Å². The summed E-state index contributed by atoms with van der Waals surface area (Å²) in [6.07, 6.45) is 6.20. The first-order valence-electron chi connectivity index (χ1n) is 9.43. The van der Waals surface area contributed by atoms with Gasteiger partial charge in [0.05, 0.1) is 5.69 Å². The van der Waals surface area contributed by atoms with Crippen LogP contribution in [0.1, 0.15) is 35.6 Å². The zero-order valence-electron chi connectivity index (χ0n) is 15.3. The molecule has 1 saturated heterocycles. The maximum Gasteiger partial charge on any atom is 0.0705 e. The highest BCUT2D eigenvalue weighted by Crippen LogP contribution is 2.28. The Labute approximate surface area is 155 Å². The van der Waals surface area contributed by atoms with E-state index in [0.29, 0.717) is 5.92 Å². The molecule has 1 aliphatic heterocycles. The Morgan fingerprint density at radius 2 is 1.88 bits per heavy atom. The van der Waals surface area contributed by atoms with Gasteiger partial charge in [0, 0.05) is 42.7 Å². The third-order valence-electron chi connectivity index (χ3n) is 5.16. The summed E-state index contributed by atoms with van der Waals surface area (Å²) < 4.78 is 0. The second-order valence-corrected chi connectivity index (χ2v) is 7.25. The van der Waals surface area contributed by atoms with E-state index in [9.17, 15) is 0 Å². The van der Waals surface area contributed by atoms with E-state index in [1.54, 1.807) is 0 Å². The molecule has 3 nitrogen and oxygen atoms in total. The second kappa shape index (κ2) is 7.79. The highest BCUT2D eigenvalue weighted by atomic mass is 15.1. The third-order valence-corrected chi connectivity index (χ3v) is 5.16. The van der Waals surface area contributed by atoms with Gasteiger partial charge in [-0.1, -0.05) is 29.8 Å². The minimum atomic E-state index is 0.510. The molecule has 0 spiro atoms. The summed E-state index contributed by atoms with van der Waals surface area (Å²) in [4.78, 5) is 11.7. The Morgan fingerprint density at radius 3 is 2.73 bits per heavy atom. The standard InChI is InChI=1S/C23H25N3/c1-18-5-2-6-20(15-18)22-8-3-9-23(25-22)21-7-4-14-26(17-21)16-19-10-12-24-13-11-19/h2-3,5-6,8-13,15,21H,4,7,14,16-17H2,1H3. The van der Waals surface area contributed by atoms with Gasteiger partial charge in [-0.05, 0) is 62.2 Å². The summed E-state index contributed by atoms with van der Waals surface area (Å²) in [6, 6.07) is 19.3. The molecular weight excluding hydrogens is 318 g/mol. The summed E-state index contributed by atoms with van der Waals surface area (Å²) in [6.45, 7) is 5.37. The van der Waals surface area contributed by atoms with Crippen LogP contribution in [-0.4, -0.2) is 28.0 Å². The van der Waals surface area contributed by atoms with Crippen LogP contribution in [0.25, 0.3) is 11.3 Å². The van der Waals surface area contributed by atoms with E-state index in [2.05, 4.69) is 71.4 Å². The number of hydrogen-bond donors (Lipinski definition) is 0. The highest BCUT2D eigenvalue weighted by molar-refractivity contribution is 5.60. The van der Waals surface area contributed by atoms with Crippen LogP contribution in [0.15, 0.2) is 67.0 Å². The van der Waals surface area contributed by atoms with Crippen LogP contribution in [-0.2, 0) is 6.54 Å². The van der Waals surface area contributed by atoms with Crippen molar-refractivity contribution in [3.05, 3.63) is 83.8 Å². The van der Waals surface area contributed by atoms with Crippen LogP contribution in [0.4, 0.5) is 0 Å². The molecule has 4 rings (SSSR count). The molecule has 0 radical (unpaired) electrons. The number of rotatable bonds is 4. The highest BCUT2D eigenvalue weighted by Gasteiger charge is 2.22. The molecule has 2 aromatic heterocycles. The van der Waals surface area contributed by atoms with Crippen LogP contribution in [0.3, 0.4) is 0 Å². The lowest BCUT2D eigenvalue weighted by atomic mass is 9.93. The van der Waals surface area contributed by atoms with Crippen molar-refractivity contribution in [1.82, 2.24) is 14.9 Å². The summed E-state index contributed by atoms with van der Waals surface area (Å²) in [5.74, 6) is 0.510. The van der Waals surface area contributed by atoms with Gasteiger partial charge < -0.3 is 0 Å². The number of benzene rings is 1. The number of aromatic nitrogens is 2. The van der Waals surface area contributed by atoms with Crippen LogP contribution in [0, 0.1) is 6.92 Å². The second-order valence-electron chi connectivity index (χ2n) is 7.25. The number of likely N-dealkylation sites (tertiary alicyclic amines) is 1. The number of pyridine rings is 2. The molecule has 26 heavy (non-hydrogen) atoms. The molecule has 3 aromatic rings. The molecule has 1 unspecified atom stereocenters. The Kier molecular flexibility index (Phi) is 5.07. The van der Waals surface area contributed by atoms with Crippen molar-refractivity contribution in [2.75, 3.05) is 13.1 Å². The number of aryl methyl sites for hydroxylation is 1. The van der Waals surface area contributed by atoms with Crippen molar-refractivity contribution in [3.8, 4) is 11.3 Å². The predicted molar refractivity (Wildman–Crippen MR) is 106 cm³/mol. The largest absolute Gasteiger partial charge is 0.298 e. The van der Waals surface area contributed by atoms with E-state index in [-0.39, 0.29) is 0 Å². The average molecular weight is 343 g/mol. The maximum absolute atomic E-state index is 5.01. The molecule has 0 N–H and O–H groups in total. The van der Waals surface area contributed by atoms with Crippen LogP contribution >= 0.6 is 0 Å². The van der Waals surface area contributed by atoms with Gasteiger partial charge in [-0.2, -0.15) is 0 Å². The number of hydrogen-bond acceptors (Lipinski definition) is 3. The molecular formula is C23H25N3. The van der Waals surface area contributed by atoms with Gasteiger partial charge in [-0.25, -0.2) is 0 Å². The Bertz CT molecular complexity index is 860. The summed E-state index contributed by atoms with van der Waals surface area (Å²) in [5, 5.41) is 0. The van der Waals surface area contributed by atoms with Crippen molar-refractivity contribution in [1.29, 1.82) is 0 Å². The third kappa shape index (κ3) is 4.00. The lowest BCUT2D eigenvalue weighted by Gasteiger charge is -2.32. The lowest BCUT2D eigenvalue weighted by molar-refractivity contribution is 0.198. The van der Waals surface area contributed by atoms with Crippen LogP contribution < -0.4 is 0 Å². The Morgan fingerprint density at radius 1 is 1.04 bits per heavy atom. The molecule has 132 valence electrons. The number of nitrogens with zero attached hydrogens (tertiary/aromatic N) is 3. The van der Waals surface area contributed by atoms with E-state index >= 15 is 0 Å². The Balaban J connectivity index is 1.51. The topological polar surface area (TPSA) is 29.0 Å². The molecule has 1 atom stereocenters. The first kappa shape index (κ1) is 16.9. The zero-order chi connectivity index (χ0) is 17.8. The minimum absolute atomic E-state index is 0.510. The van der Waals surface area contributed by atoms with E-state index in [0.717, 1.165) is 25.3 Å². The molecule has 0 saturated carbocycles. The van der Waals surface area contributed by atoms with Gasteiger partial charge in [-0.3, -0.25) is 14.9 Å². The van der Waals surface area contributed by atoms with E-state index < -0.39 is 0 Å².